The van der Waals surface area contributed by atoms with Gasteiger partial charge in [0.25, 0.3) is 5.91 Å². The van der Waals surface area contributed by atoms with Gasteiger partial charge in [-0.3, -0.25) is 9.59 Å². The number of carbonyl (C=O) groups excluding carboxylic acids is 2. The minimum absolute atomic E-state index is 0.0762. The first kappa shape index (κ1) is 14.8. The third-order valence-corrected chi connectivity index (χ3v) is 2.80. The Balaban J connectivity index is 1.65. The second-order valence-electron chi connectivity index (χ2n) is 4.59. The van der Waals surface area contributed by atoms with Gasteiger partial charge >= 0.3 is 0 Å². The van der Waals surface area contributed by atoms with Gasteiger partial charge in [0, 0.05) is 19.2 Å². The SMILES string of the molecule is Cc1cc(C(=O)NCCNC(=O)Cc2ccccc2)no1. The highest BCUT2D eigenvalue weighted by molar-refractivity contribution is 5.92. The van der Waals surface area contributed by atoms with Crippen LogP contribution in [0.2, 0.25) is 0 Å². The summed E-state index contributed by atoms with van der Waals surface area (Å²) in [6.07, 6.45) is 0.331. The molecule has 110 valence electrons. The fraction of sp³-hybridized carbons (Fsp3) is 0.267. The standard InChI is InChI=1S/C15H17N3O3/c1-11-9-13(18-21-11)15(20)17-8-7-16-14(19)10-12-5-3-2-4-6-12/h2-6,9H,7-8,10H2,1H3,(H,16,19)(H,17,20). The van der Waals surface area contributed by atoms with Gasteiger partial charge < -0.3 is 15.2 Å². The molecule has 6 nitrogen and oxygen atoms in total. The Kier molecular flexibility index (Phi) is 5.09. The molecule has 0 aliphatic rings. The first-order chi connectivity index (χ1) is 10.1. The lowest BCUT2D eigenvalue weighted by Gasteiger charge is -2.06. The highest BCUT2D eigenvalue weighted by Crippen LogP contribution is 2.00. The molecule has 2 amide bonds. The number of nitrogens with one attached hydrogen (secondary N) is 2. The zero-order valence-electron chi connectivity index (χ0n) is 11.8. The number of amides is 2. The molecule has 1 aromatic heterocycles. The predicted molar refractivity (Wildman–Crippen MR) is 76.7 cm³/mol. The molecule has 2 rings (SSSR count). The molecule has 1 heterocycles. The van der Waals surface area contributed by atoms with E-state index in [-0.39, 0.29) is 17.5 Å². The van der Waals surface area contributed by atoms with Crippen molar-refractivity contribution in [3.63, 3.8) is 0 Å². The topological polar surface area (TPSA) is 84.2 Å². The van der Waals surface area contributed by atoms with Gasteiger partial charge in [0.1, 0.15) is 5.76 Å². The number of rotatable bonds is 6. The van der Waals surface area contributed by atoms with E-state index in [9.17, 15) is 9.59 Å². The maximum Gasteiger partial charge on any atom is 0.273 e. The Labute approximate surface area is 122 Å². The summed E-state index contributed by atoms with van der Waals surface area (Å²) < 4.78 is 4.82. The number of aromatic nitrogens is 1. The smallest absolute Gasteiger partial charge is 0.273 e. The van der Waals surface area contributed by atoms with Crippen LogP contribution in [0, 0.1) is 6.92 Å². The van der Waals surface area contributed by atoms with Crippen LogP contribution in [0.1, 0.15) is 21.8 Å². The van der Waals surface area contributed by atoms with Gasteiger partial charge in [-0.05, 0) is 12.5 Å². The highest BCUT2D eigenvalue weighted by Gasteiger charge is 2.10. The normalized spacial score (nSPS) is 10.1. The maximum atomic E-state index is 11.7. The van der Waals surface area contributed by atoms with Crippen LogP contribution in [0.4, 0.5) is 0 Å². The molecule has 0 bridgehead atoms. The second kappa shape index (κ2) is 7.23. The van der Waals surface area contributed by atoms with E-state index in [1.54, 1.807) is 13.0 Å². The molecule has 1 aromatic carbocycles. The van der Waals surface area contributed by atoms with Crippen molar-refractivity contribution in [2.24, 2.45) is 0 Å². The summed E-state index contributed by atoms with van der Waals surface area (Å²) in [6, 6.07) is 11.0. The maximum absolute atomic E-state index is 11.7. The van der Waals surface area contributed by atoms with Crippen LogP contribution in [0.3, 0.4) is 0 Å². The summed E-state index contributed by atoms with van der Waals surface area (Å²) in [5, 5.41) is 9.01. The van der Waals surface area contributed by atoms with Crippen LogP contribution >= 0.6 is 0 Å². The Morgan fingerprint density at radius 1 is 1.14 bits per heavy atom. The molecule has 2 N–H and O–H groups in total. The minimum Gasteiger partial charge on any atom is -0.361 e. The number of aryl methyl sites for hydroxylation is 1. The summed E-state index contributed by atoms with van der Waals surface area (Å²) in [4.78, 5) is 23.3. The zero-order valence-corrected chi connectivity index (χ0v) is 11.8. The lowest BCUT2D eigenvalue weighted by atomic mass is 10.1. The molecular weight excluding hydrogens is 270 g/mol. The van der Waals surface area contributed by atoms with Crippen molar-refractivity contribution in [2.45, 2.75) is 13.3 Å². The monoisotopic (exact) mass is 287 g/mol. The molecule has 0 unspecified atom stereocenters. The van der Waals surface area contributed by atoms with Gasteiger partial charge in [-0.2, -0.15) is 0 Å². The average molecular weight is 287 g/mol. The van der Waals surface area contributed by atoms with Crippen molar-refractivity contribution < 1.29 is 14.1 Å². The van der Waals surface area contributed by atoms with Crippen LogP contribution in [0.15, 0.2) is 40.9 Å². The van der Waals surface area contributed by atoms with Crippen LogP contribution < -0.4 is 10.6 Å². The largest absolute Gasteiger partial charge is 0.361 e. The molecule has 0 aliphatic carbocycles. The first-order valence-electron chi connectivity index (χ1n) is 6.67. The molecular formula is C15H17N3O3. The van der Waals surface area contributed by atoms with Crippen molar-refractivity contribution in [3.8, 4) is 0 Å². The van der Waals surface area contributed by atoms with E-state index in [1.807, 2.05) is 30.3 Å². The molecule has 0 atom stereocenters. The van der Waals surface area contributed by atoms with Gasteiger partial charge in [-0.1, -0.05) is 35.5 Å². The number of carbonyl (C=O) groups is 2. The molecule has 21 heavy (non-hydrogen) atoms. The van der Waals surface area contributed by atoms with Crippen LogP contribution in [0.5, 0.6) is 0 Å². The number of nitrogens with zero attached hydrogens (tertiary/aromatic N) is 1. The molecule has 0 saturated carbocycles. The Hall–Kier alpha value is -2.63. The zero-order chi connectivity index (χ0) is 15.1. The fourth-order valence-corrected chi connectivity index (χ4v) is 1.79. The Morgan fingerprint density at radius 3 is 2.52 bits per heavy atom. The number of benzene rings is 1. The van der Waals surface area contributed by atoms with Crippen molar-refractivity contribution in [1.82, 2.24) is 15.8 Å². The third kappa shape index (κ3) is 4.76. The van der Waals surface area contributed by atoms with Crippen LogP contribution in [-0.2, 0) is 11.2 Å². The van der Waals surface area contributed by atoms with Gasteiger partial charge in [-0.15, -0.1) is 0 Å². The predicted octanol–water partition coefficient (Wildman–Crippen LogP) is 1.07. The van der Waals surface area contributed by atoms with Crippen molar-refractivity contribution in [2.75, 3.05) is 13.1 Å². The molecule has 0 fully saturated rings. The van der Waals surface area contributed by atoms with E-state index in [0.717, 1.165) is 5.56 Å². The quantitative estimate of drug-likeness (QED) is 0.778. The van der Waals surface area contributed by atoms with E-state index in [4.69, 9.17) is 4.52 Å². The highest BCUT2D eigenvalue weighted by atomic mass is 16.5. The molecule has 2 aromatic rings. The molecule has 0 radical (unpaired) electrons. The van der Waals surface area contributed by atoms with Gasteiger partial charge in [0.05, 0.1) is 6.42 Å². The molecule has 0 saturated heterocycles. The van der Waals surface area contributed by atoms with E-state index in [1.165, 1.54) is 0 Å². The van der Waals surface area contributed by atoms with Gasteiger partial charge in [0.2, 0.25) is 5.91 Å². The van der Waals surface area contributed by atoms with E-state index in [0.29, 0.717) is 25.3 Å². The van der Waals surface area contributed by atoms with Crippen LogP contribution in [0.25, 0.3) is 0 Å². The Morgan fingerprint density at radius 2 is 1.86 bits per heavy atom. The number of hydrogen-bond donors (Lipinski definition) is 2. The molecule has 6 heteroatoms. The summed E-state index contributed by atoms with van der Waals surface area (Å²) >= 11 is 0. The lowest BCUT2D eigenvalue weighted by Crippen LogP contribution is -2.35. The third-order valence-electron chi connectivity index (χ3n) is 2.80. The summed E-state index contributed by atoms with van der Waals surface area (Å²) in [5.41, 5.74) is 1.19. The second-order valence-corrected chi connectivity index (χ2v) is 4.59. The van der Waals surface area contributed by atoms with Crippen molar-refractivity contribution >= 4 is 11.8 Å². The number of hydrogen-bond acceptors (Lipinski definition) is 4. The lowest BCUT2D eigenvalue weighted by molar-refractivity contribution is -0.120. The van der Waals surface area contributed by atoms with E-state index in [2.05, 4.69) is 15.8 Å². The van der Waals surface area contributed by atoms with Crippen LogP contribution in [-0.4, -0.2) is 30.1 Å². The molecule has 0 aliphatic heterocycles. The fourth-order valence-electron chi connectivity index (χ4n) is 1.79. The van der Waals surface area contributed by atoms with Gasteiger partial charge in [0.15, 0.2) is 5.69 Å². The average Bonchev–Trinajstić information content (AvgIpc) is 2.91. The van der Waals surface area contributed by atoms with Crippen molar-refractivity contribution in [3.05, 3.63) is 53.4 Å². The summed E-state index contributed by atoms with van der Waals surface area (Å²) in [7, 11) is 0. The minimum atomic E-state index is -0.316. The summed E-state index contributed by atoms with van der Waals surface area (Å²) in [5.74, 6) is 0.188. The molecule has 0 spiro atoms. The van der Waals surface area contributed by atoms with E-state index >= 15 is 0 Å². The Bertz CT molecular complexity index is 608. The van der Waals surface area contributed by atoms with Gasteiger partial charge in [-0.25, -0.2) is 0 Å². The first-order valence-corrected chi connectivity index (χ1v) is 6.67. The van der Waals surface area contributed by atoms with E-state index < -0.39 is 0 Å². The van der Waals surface area contributed by atoms with Crippen molar-refractivity contribution in [1.29, 1.82) is 0 Å². The summed E-state index contributed by atoms with van der Waals surface area (Å²) in [6.45, 7) is 2.42.